The second kappa shape index (κ2) is 7.91. The van der Waals surface area contributed by atoms with E-state index in [2.05, 4.69) is 17.1 Å². The fourth-order valence-electron chi connectivity index (χ4n) is 2.87. The number of amidine groups is 1. The van der Waals surface area contributed by atoms with E-state index in [9.17, 15) is 4.79 Å². The number of benzene rings is 2. The summed E-state index contributed by atoms with van der Waals surface area (Å²) in [7, 11) is 5.02. The molecule has 1 aliphatic rings. The molecule has 26 heavy (non-hydrogen) atoms. The van der Waals surface area contributed by atoms with Crippen molar-refractivity contribution in [1.29, 1.82) is 0 Å². The van der Waals surface area contributed by atoms with Gasteiger partial charge in [-0.05, 0) is 17.7 Å². The van der Waals surface area contributed by atoms with E-state index in [-0.39, 0.29) is 6.61 Å². The van der Waals surface area contributed by atoms with Crippen molar-refractivity contribution in [2.75, 3.05) is 34.4 Å². The Morgan fingerprint density at radius 1 is 1.15 bits per heavy atom. The summed E-state index contributed by atoms with van der Waals surface area (Å²) in [6.07, 6.45) is 0. The molecule has 0 aromatic heterocycles. The molecule has 2 aromatic carbocycles. The number of hydrogen-bond donors (Lipinski definition) is 0. The number of aliphatic imine (C=N–C) groups is 1. The van der Waals surface area contributed by atoms with Crippen LogP contribution in [0, 0.1) is 0 Å². The lowest BCUT2D eigenvalue weighted by molar-refractivity contribution is 0.0488. The van der Waals surface area contributed by atoms with Crippen molar-refractivity contribution in [3.8, 4) is 11.5 Å². The summed E-state index contributed by atoms with van der Waals surface area (Å²) >= 11 is 0. The molecule has 0 saturated heterocycles. The number of methoxy groups -OCH3 is 2. The quantitative estimate of drug-likeness (QED) is 0.747. The van der Waals surface area contributed by atoms with Gasteiger partial charge in [0.2, 0.25) is 0 Å². The van der Waals surface area contributed by atoms with Crippen molar-refractivity contribution >= 4 is 11.8 Å². The van der Waals surface area contributed by atoms with Crippen molar-refractivity contribution in [3.05, 3.63) is 59.2 Å². The normalized spacial score (nSPS) is 12.2. The van der Waals surface area contributed by atoms with Crippen LogP contribution in [0.5, 0.6) is 11.5 Å². The molecule has 2 aromatic rings. The van der Waals surface area contributed by atoms with Gasteiger partial charge in [0.15, 0.2) is 0 Å². The fourth-order valence-corrected chi connectivity index (χ4v) is 2.87. The molecule has 1 heterocycles. The Morgan fingerprint density at radius 2 is 1.96 bits per heavy atom. The molecule has 6 nitrogen and oxygen atoms in total. The summed E-state index contributed by atoms with van der Waals surface area (Å²) in [6.45, 7) is 1.50. The van der Waals surface area contributed by atoms with Crippen LogP contribution in [0.25, 0.3) is 0 Å². The number of hydrogen-bond acceptors (Lipinski definition) is 6. The molecule has 0 unspecified atom stereocenters. The first-order chi connectivity index (χ1) is 12.6. The van der Waals surface area contributed by atoms with Gasteiger partial charge in [-0.15, -0.1) is 0 Å². The monoisotopic (exact) mass is 354 g/mol. The molecular formula is C20H22N2O4. The Balaban J connectivity index is 1.58. The maximum absolute atomic E-state index is 12.3. The predicted octanol–water partition coefficient (Wildman–Crippen LogP) is 2.75. The average molecular weight is 354 g/mol. The molecule has 0 fully saturated rings. The van der Waals surface area contributed by atoms with Crippen molar-refractivity contribution in [2.24, 2.45) is 4.99 Å². The van der Waals surface area contributed by atoms with Crippen LogP contribution in [-0.2, 0) is 11.3 Å². The second-order valence-electron chi connectivity index (χ2n) is 5.92. The zero-order chi connectivity index (χ0) is 18.5. The summed E-state index contributed by atoms with van der Waals surface area (Å²) in [4.78, 5) is 18.9. The van der Waals surface area contributed by atoms with E-state index in [1.807, 2.05) is 24.1 Å². The van der Waals surface area contributed by atoms with Crippen LogP contribution in [0.3, 0.4) is 0 Å². The third-order valence-corrected chi connectivity index (χ3v) is 4.31. The van der Waals surface area contributed by atoms with Crippen LogP contribution in [0.2, 0.25) is 0 Å². The van der Waals surface area contributed by atoms with E-state index < -0.39 is 5.97 Å². The number of nitrogens with zero attached hydrogens (tertiary/aromatic N) is 2. The highest BCUT2D eigenvalue weighted by atomic mass is 16.5. The Bertz CT molecular complexity index is 832. The minimum atomic E-state index is -0.424. The number of ether oxygens (including phenoxy) is 3. The third kappa shape index (κ3) is 3.64. The number of esters is 1. The van der Waals surface area contributed by atoms with Crippen molar-refractivity contribution in [1.82, 2.24) is 4.90 Å². The lowest BCUT2D eigenvalue weighted by Crippen LogP contribution is -2.30. The van der Waals surface area contributed by atoms with Gasteiger partial charge in [-0.2, -0.15) is 0 Å². The van der Waals surface area contributed by atoms with E-state index in [4.69, 9.17) is 14.2 Å². The van der Waals surface area contributed by atoms with E-state index >= 15 is 0 Å². The zero-order valence-corrected chi connectivity index (χ0v) is 15.2. The van der Waals surface area contributed by atoms with Gasteiger partial charge >= 0.3 is 5.97 Å². The topological polar surface area (TPSA) is 60.4 Å². The molecule has 1 aliphatic heterocycles. The maximum atomic E-state index is 12.3. The third-order valence-electron chi connectivity index (χ3n) is 4.31. The summed E-state index contributed by atoms with van der Waals surface area (Å²) in [6, 6.07) is 13.2. The molecule has 6 heteroatoms. The largest absolute Gasteiger partial charge is 0.497 e. The number of carbonyl (C=O) groups is 1. The average Bonchev–Trinajstić information content (AvgIpc) is 3.11. The molecule has 0 saturated carbocycles. The predicted molar refractivity (Wildman–Crippen MR) is 99.1 cm³/mol. The highest BCUT2D eigenvalue weighted by molar-refractivity contribution is 6.01. The molecule has 0 bridgehead atoms. The first-order valence-corrected chi connectivity index (χ1v) is 8.37. The summed E-state index contributed by atoms with van der Waals surface area (Å²) in [5.74, 6) is 1.55. The summed E-state index contributed by atoms with van der Waals surface area (Å²) in [5.41, 5.74) is 2.73. The smallest absolute Gasteiger partial charge is 0.341 e. The van der Waals surface area contributed by atoms with Crippen LogP contribution >= 0.6 is 0 Å². The Labute approximate surface area is 153 Å². The van der Waals surface area contributed by atoms with Crippen LogP contribution in [0.1, 0.15) is 21.5 Å². The standard InChI is InChI=1S/C20H22N2O4/c1-22(19-16-7-5-4-6-14(16)13-21-19)10-11-26-20(23)17-9-8-15(24-2)12-18(17)25-3/h4-9,12H,10-11,13H2,1-3H3. The van der Waals surface area contributed by atoms with Crippen LogP contribution in [-0.4, -0.2) is 51.1 Å². The van der Waals surface area contributed by atoms with Crippen LogP contribution < -0.4 is 9.47 Å². The van der Waals surface area contributed by atoms with Crippen molar-refractivity contribution in [2.45, 2.75) is 6.54 Å². The first kappa shape index (κ1) is 17.8. The lowest BCUT2D eigenvalue weighted by Gasteiger charge is -2.20. The molecule has 3 rings (SSSR count). The van der Waals surface area contributed by atoms with Gasteiger partial charge in [0.05, 0.1) is 27.3 Å². The minimum absolute atomic E-state index is 0.256. The molecule has 0 aliphatic carbocycles. The van der Waals surface area contributed by atoms with Crippen LogP contribution in [0.15, 0.2) is 47.5 Å². The minimum Gasteiger partial charge on any atom is -0.497 e. The molecule has 0 atom stereocenters. The highest BCUT2D eigenvalue weighted by Crippen LogP contribution is 2.25. The van der Waals surface area contributed by atoms with Crippen LogP contribution in [0.4, 0.5) is 0 Å². The van der Waals surface area contributed by atoms with Crippen molar-refractivity contribution in [3.63, 3.8) is 0 Å². The van der Waals surface area contributed by atoms with Gasteiger partial charge in [-0.1, -0.05) is 24.3 Å². The van der Waals surface area contributed by atoms with E-state index in [1.165, 1.54) is 12.7 Å². The number of rotatable bonds is 6. The highest BCUT2D eigenvalue weighted by Gasteiger charge is 2.19. The maximum Gasteiger partial charge on any atom is 0.341 e. The summed E-state index contributed by atoms with van der Waals surface area (Å²) in [5, 5.41) is 0. The molecule has 136 valence electrons. The molecular weight excluding hydrogens is 332 g/mol. The second-order valence-corrected chi connectivity index (χ2v) is 5.92. The fraction of sp³-hybridized carbons (Fsp3) is 0.300. The first-order valence-electron chi connectivity index (χ1n) is 8.37. The number of carbonyl (C=O) groups excluding carboxylic acids is 1. The van der Waals surface area contributed by atoms with Gasteiger partial charge in [0.1, 0.15) is 29.5 Å². The summed E-state index contributed by atoms with van der Waals surface area (Å²) < 4.78 is 15.8. The lowest BCUT2D eigenvalue weighted by atomic mass is 10.1. The van der Waals surface area contributed by atoms with Gasteiger partial charge < -0.3 is 19.1 Å². The van der Waals surface area contributed by atoms with E-state index in [0.717, 1.165) is 11.4 Å². The van der Waals surface area contributed by atoms with E-state index in [0.29, 0.717) is 30.2 Å². The Kier molecular flexibility index (Phi) is 5.41. The molecule has 0 spiro atoms. The zero-order valence-electron chi connectivity index (χ0n) is 15.2. The van der Waals surface area contributed by atoms with Gasteiger partial charge in [0, 0.05) is 18.7 Å². The SMILES string of the molecule is COc1ccc(C(=O)OCCN(C)C2=NCc3ccccc32)c(OC)c1. The Morgan fingerprint density at radius 3 is 2.73 bits per heavy atom. The molecule has 0 amide bonds. The van der Waals surface area contributed by atoms with Gasteiger partial charge in [0.25, 0.3) is 0 Å². The van der Waals surface area contributed by atoms with E-state index in [1.54, 1.807) is 25.3 Å². The van der Waals surface area contributed by atoms with Crippen molar-refractivity contribution < 1.29 is 19.0 Å². The van der Waals surface area contributed by atoms with Gasteiger partial charge in [-0.25, -0.2) is 4.79 Å². The molecule has 0 N–H and O–H groups in total. The number of likely N-dealkylation sites (N-methyl/N-ethyl adjacent to an activating group) is 1. The molecule has 0 radical (unpaired) electrons. The Hall–Kier alpha value is -3.02. The van der Waals surface area contributed by atoms with Gasteiger partial charge in [-0.3, -0.25) is 4.99 Å². The number of fused-ring (bicyclic) bond motifs is 1.